The number of carbonyl (C=O) groups is 1. The Labute approximate surface area is 114 Å². The van der Waals surface area contributed by atoms with E-state index < -0.39 is 0 Å². The number of hydrogen-bond acceptors (Lipinski definition) is 2. The van der Waals surface area contributed by atoms with Gasteiger partial charge < -0.3 is 0 Å². The van der Waals surface area contributed by atoms with Crippen molar-refractivity contribution in [1.29, 1.82) is 0 Å². The van der Waals surface area contributed by atoms with Crippen molar-refractivity contribution < 1.29 is 4.79 Å². The van der Waals surface area contributed by atoms with Crippen LogP contribution in [0.3, 0.4) is 0 Å². The van der Waals surface area contributed by atoms with Crippen LogP contribution in [0.25, 0.3) is 0 Å². The molecule has 0 saturated carbocycles. The Balaban J connectivity index is 2.20. The molecule has 0 bridgehead atoms. The summed E-state index contributed by atoms with van der Waals surface area (Å²) in [6.07, 6.45) is 0.485. The SMILES string of the molecule is Cc1ccccc1CC(=O)c1cc(Br)c(C)s1. The Kier molecular flexibility index (Phi) is 3.79. The Morgan fingerprint density at radius 2 is 2.00 bits per heavy atom. The van der Waals surface area contributed by atoms with Crippen molar-refractivity contribution in [2.45, 2.75) is 20.3 Å². The van der Waals surface area contributed by atoms with Crippen LogP contribution < -0.4 is 0 Å². The van der Waals surface area contributed by atoms with Gasteiger partial charge in [-0.05, 0) is 47.0 Å². The number of rotatable bonds is 3. The molecule has 2 rings (SSSR count). The number of hydrogen-bond donors (Lipinski definition) is 0. The number of Topliss-reactive ketones (excluding diaryl/α,β-unsaturated/α-hetero) is 1. The zero-order valence-electron chi connectivity index (χ0n) is 9.79. The zero-order valence-corrected chi connectivity index (χ0v) is 12.2. The molecule has 0 aliphatic heterocycles. The predicted octanol–water partition coefficient (Wildman–Crippen LogP) is 4.55. The van der Waals surface area contributed by atoms with E-state index in [1.54, 1.807) is 11.3 Å². The van der Waals surface area contributed by atoms with Crippen LogP contribution in [-0.4, -0.2) is 5.78 Å². The van der Waals surface area contributed by atoms with Crippen LogP contribution in [0.2, 0.25) is 0 Å². The highest BCUT2D eigenvalue weighted by Crippen LogP contribution is 2.27. The van der Waals surface area contributed by atoms with Gasteiger partial charge in [0.2, 0.25) is 0 Å². The molecule has 1 nitrogen and oxygen atoms in total. The minimum Gasteiger partial charge on any atom is -0.293 e. The first kappa shape index (κ1) is 12.5. The molecule has 2 aromatic rings. The molecule has 0 unspecified atom stereocenters. The zero-order chi connectivity index (χ0) is 12.4. The molecular weight excluding hydrogens is 296 g/mol. The van der Waals surface area contributed by atoms with Gasteiger partial charge in [0.05, 0.1) is 4.88 Å². The molecule has 0 N–H and O–H groups in total. The van der Waals surface area contributed by atoms with E-state index in [0.29, 0.717) is 6.42 Å². The fourth-order valence-corrected chi connectivity index (χ4v) is 3.14. The van der Waals surface area contributed by atoms with E-state index in [4.69, 9.17) is 0 Å². The highest BCUT2D eigenvalue weighted by molar-refractivity contribution is 9.10. The fourth-order valence-electron chi connectivity index (χ4n) is 1.67. The van der Waals surface area contributed by atoms with Gasteiger partial charge >= 0.3 is 0 Å². The quantitative estimate of drug-likeness (QED) is 0.760. The van der Waals surface area contributed by atoms with Crippen LogP contribution in [-0.2, 0) is 6.42 Å². The molecule has 1 heterocycles. The van der Waals surface area contributed by atoms with Crippen molar-refractivity contribution >= 4 is 33.0 Å². The normalized spacial score (nSPS) is 10.5. The number of benzene rings is 1. The van der Waals surface area contributed by atoms with Gasteiger partial charge in [0.15, 0.2) is 5.78 Å². The Morgan fingerprint density at radius 3 is 2.59 bits per heavy atom. The summed E-state index contributed by atoms with van der Waals surface area (Å²) < 4.78 is 1.02. The molecule has 0 aliphatic rings. The number of ketones is 1. The van der Waals surface area contributed by atoms with E-state index in [0.717, 1.165) is 19.8 Å². The summed E-state index contributed by atoms with van der Waals surface area (Å²) in [7, 11) is 0. The highest BCUT2D eigenvalue weighted by Gasteiger charge is 2.12. The van der Waals surface area contributed by atoms with E-state index in [1.807, 2.05) is 44.2 Å². The van der Waals surface area contributed by atoms with Crippen molar-refractivity contribution in [1.82, 2.24) is 0 Å². The predicted molar refractivity (Wildman–Crippen MR) is 76.0 cm³/mol. The summed E-state index contributed by atoms with van der Waals surface area (Å²) in [6, 6.07) is 9.95. The van der Waals surface area contributed by atoms with Crippen LogP contribution in [0.1, 0.15) is 25.7 Å². The molecule has 1 aromatic carbocycles. The maximum Gasteiger partial charge on any atom is 0.177 e. The number of carbonyl (C=O) groups excluding carboxylic acids is 1. The van der Waals surface area contributed by atoms with Crippen LogP contribution in [0.5, 0.6) is 0 Å². The number of thiophene rings is 1. The molecule has 0 radical (unpaired) electrons. The van der Waals surface area contributed by atoms with Crippen LogP contribution in [0.15, 0.2) is 34.8 Å². The lowest BCUT2D eigenvalue weighted by Gasteiger charge is -2.03. The summed E-state index contributed by atoms with van der Waals surface area (Å²) in [5, 5.41) is 0. The number of halogens is 1. The van der Waals surface area contributed by atoms with E-state index in [1.165, 1.54) is 5.56 Å². The topological polar surface area (TPSA) is 17.1 Å². The van der Waals surface area contributed by atoms with E-state index >= 15 is 0 Å². The highest BCUT2D eigenvalue weighted by atomic mass is 79.9. The van der Waals surface area contributed by atoms with Crippen LogP contribution >= 0.6 is 27.3 Å². The lowest BCUT2D eigenvalue weighted by atomic mass is 10.0. The smallest absolute Gasteiger partial charge is 0.177 e. The first-order valence-electron chi connectivity index (χ1n) is 5.41. The molecule has 0 amide bonds. The van der Waals surface area contributed by atoms with Gasteiger partial charge in [0.1, 0.15) is 0 Å². The average molecular weight is 309 g/mol. The first-order chi connectivity index (χ1) is 8.08. The third-order valence-corrected chi connectivity index (χ3v) is 4.92. The second-order valence-electron chi connectivity index (χ2n) is 4.04. The maximum absolute atomic E-state index is 12.1. The minimum absolute atomic E-state index is 0.193. The molecule has 1 aromatic heterocycles. The average Bonchev–Trinajstić information content (AvgIpc) is 2.63. The molecule has 88 valence electrons. The number of aryl methyl sites for hydroxylation is 2. The molecule has 0 spiro atoms. The minimum atomic E-state index is 0.193. The summed E-state index contributed by atoms with van der Waals surface area (Å²) in [4.78, 5) is 14.1. The summed E-state index contributed by atoms with van der Waals surface area (Å²) >= 11 is 4.99. The molecule has 3 heteroatoms. The lowest BCUT2D eigenvalue weighted by molar-refractivity contribution is 0.0996. The molecule has 0 fully saturated rings. The van der Waals surface area contributed by atoms with Gasteiger partial charge in [-0.2, -0.15) is 0 Å². The van der Waals surface area contributed by atoms with Crippen molar-refractivity contribution in [2.24, 2.45) is 0 Å². The van der Waals surface area contributed by atoms with Crippen molar-refractivity contribution in [3.8, 4) is 0 Å². The van der Waals surface area contributed by atoms with Gasteiger partial charge in [-0.25, -0.2) is 0 Å². The van der Waals surface area contributed by atoms with E-state index in [-0.39, 0.29) is 5.78 Å². The summed E-state index contributed by atoms with van der Waals surface area (Å²) in [6.45, 7) is 4.05. The maximum atomic E-state index is 12.1. The summed E-state index contributed by atoms with van der Waals surface area (Å²) in [5.74, 6) is 0.193. The third-order valence-electron chi connectivity index (χ3n) is 2.74. The second-order valence-corrected chi connectivity index (χ2v) is 6.15. The monoisotopic (exact) mass is 308 g/mol. The molecule has 0 atom stereocenters. The Bertz CT molecular complexity index is 538. The molecule has 0 saturated heterocycles. The van der Waals surface area contributed by atoms with E-state index in [2.05, 4.69) is 15.9 Å². The van der Waals surface area contributed by atoms with Gasteiger partial charge in [0, 0.05) is 15.8 Å². The second kappa shape index (κ2) is 5.15. The van der Waals surface area contributed by atoms with Gasteiger partial charge in [-0.15, -0.1) is 11.3 Å². The fraction of sp³-hybridized carbons (Fsp3) is 0.214. The van der Waals surface area contributed by atoms with Gasteiger partial charge in [-0.3, -0.25) is 4.79 Å². The third kappa shape index (κ3) is 2.85. The molecule has 17 heavy (non-hydrogen) atoms. The lowest BCUT2D eigenvalue weighted by Crippen LogP contribution is -2.02. The molecular formula is C14H13BrOS. The largest absolute Gasteiger partial charge is 0.293 e. The van der Waals surface area contributed by atoms with Crippen molar-refractivity contribution in [2.75, 3.05) is 0 Å². The summed E-state index contributed by atoms with van der Waals surface area (Å²) in [5.41, 5.74) is 2.29. The van der Waals surface area contributed by atoms with Crippen LogP contribution in [0, 0.1) is 13.8 Å². The standard InChI is InChI=1S/C14H13BrOS/c1-9-5-3-4-6-11(9)7-13(16)14-8-12(15)10(2)17-14/h3-6,8H,7H2,1-2H3. The Morgan fingerprint density at radius 1 is 1.29 bits per heavy atom. The van der Waals surface area contributed by atoms with Crippen molar-refractivity contribution in [3.63, 3.8) is 0 Å². The van der Waals surface area contributed by atoms with Crippen LogP contribution in [0.4, 0.5) is 0 Å². The first-order valence-corrected chi connectivity index (χ1v) is 7.02. The van der Waals surface area contributed by atoms with E-state index in [9.17, 15) is 4.79 Å². The van der Waals surface area contributed by atoms with Gasteiger partial charge in [-0.1, -0.05) is 24.3 Å². The van der Waals surface area contributed by atoms with Crippen molar-refractivity contribution in [3.05, 3.63) is 55.7 Å². The molecule has 0 aliphatic carbocycles. The van der Waals surface area contributed by atoms with Gasteiger partial charge in [0.25, 0.3) is 0 Å². The Hall–Kier alpha value is -0.930.